The van der Waals surface area contributed by atoms with Crippen molar-refractivity contribution in [3.63, 3.8) is 0 Å². The summed E-state index contributed by atoms with van der Waals surface area (Å²) in [7, 11) is 4.46. The lowest BCUT2D eigenvalue weighted by Gasteiger charge is -2.39. The second-order valence-electron chi connectivity index (χ2n) is 5.78. The zero-order valence-electron chi connectivity index (χ0n) is 11.8. The monoisotopic (exact) mass is 239 g/mol. The lowest BCUT2D eigenvalue weighted by Crippen LogP contribution is -2.46. The predicted octanol–water partition coefficient (Wildman–Crippen LogP) is 1.54. The van der Waals surface area contributed by atoms with Gasteiger partial charge in [0.15, 0.2) is 0 Å². The van der Waals surface area contributed by atoms with Crippen LogP contribution in [0.2, 0.25) is 0 Å². The Labute approximate surface area is 107 Å². The molecule has 2 atom stereocenters. The minimum absolute atomic E-state index is 0.762. The molecule has 1 heterocycles. The average Bonchev–Trinajstić information content (AvgIpc) is 2.87. The predicted molar refractivity (Wildman–Crippen MR) is 73.4 cm³/mol. The third-order valence-corrected chi connectivity index (χ3v) is 4.97. The maximum Gasteiger partial charge on any atom is 0.0119 e. The second kappa shape index (κ2) is 6.17. The van der Waals surface area contributed by atoms with Gasteiger partial charge in [-0.25, -0.2) is 0 Å². The van der Waals surface area contributed by atoms with Gasteiger partial charge in [0.2, 0.25) is 0 Å². The topological polar surface area (TPSA) is 18.5 Å². The molecule has 0 spiro atoms. The molecule has 0 aromatic rings. The number of nitrogens with one attached hydrogen (secondary N) is 1. The highest BCUT2D eigenvalue weighted by atomic mass is 15.2. The molecule has 3 nitrogen and oxygen atoms in total. The van der Waals surface area contributed by atoms with E-state index in [1.165, 1.54) is 51.7 Å². The molecule has 2 rings (SSSR count). The standard InChI is InChI=1S/C14H29N3/c1-4-17-9-7-13(8-10-17)16(3)14-6-5-12(11-14)15-2/h12-15H,4-11H2,1-3H3. The normalized spacial score (nSPS) is 32.5. The molecule has 2 fully saturated rings. The summed E-state index contributed by atoms with van der Waals surface area (Å²) in [6.07, 6.45) is 6.83. The Hall–Kier alpha value is -0.120. The molecular weight excluding hydrogens is 210 g/mol. The fraction of sp³-hybridized carbons (Fsp3) is 1.00. The summed E-state index contributed by atoms with van der Waals surface area (Å²) in [4.78, 5) is 5.26. The minimum Gasteiger partial charge on any atom is -0.317 e. The van der Waals surface area contributed by atoms with Gasteiger partial charge >= 0.3 is 0 Å². The highest BCUT2D eigenvalue weighted by molar-refractivity contribution is 4.89. The van der Waals surface area contributed by atoms with Crippen molar-refractivity contribution in [2.24, 2.45) is 0 Å². The van der Waals surface area contributed by atoms with Crippen LogP contribution in [0.1, 0.15) is 39.0 Å². The van der Waals surface area contributed by atoms with Crippen molar-refractivity contribution in [3.05, 3.63) is 0 Å². The van der Waals surface area contributed by atoms with Crippen molar-refractivity contribution in [2.45, 2.75) is 57.2 Å². The van der Waals surface area contributed by atoms with E-state index >= 15 is 0 Å². The molecule has 1 aliphatic carbocycles. The highest BCUT2D eigenvalue weighted by Gasteiger charge is 2.31. The summed E-state index contributed by atoms with van der Waals surface area (Å²) in [5.74, 6) is 0. The van der Waals surface area contributed by atoms with Crippen LogP contribution in [-0.2, 0) is 0 Å². The Morgan fingerprint density at radius 1 is 1.12 bits per heavy atom. The Morgan fingerprint density at radius 2 is 1.82 bits per heavy atom. The summed E-state index contributed by atoms with van der Waals surface area (Å²) in [5, 5.41) is 3.43. The van der Waals surface area contributed by atoms with Crippen molar-refractivity contribution in [3.8, 4) is 0 Å². The number of nitrogens with zero attached hydrogens (tertiary/aromatic N) is 2. The van der Waals surface area contributed by atoms with E-state index in [4.69, 9.17) is 0 Å². The molecule has 1 saturated carbocycles. The Balaban J connectivity index is 1.78. The molecule has 1 saturated heterocycles. The van der Waals surface area contributed by atoms with Crippen molar-refractivity contribution in [2.75, 3.05) is 33.7 Å². The van der Waals surface area contributed by atoms with E-state index < -0.39 is 0 Å². The van der Waals surface area contributed by atoms with Gasteiger partial charge in [0.05, 0.1) is 0 Å². The fourth-order valence-corrected chi connectivity index (χ4v) is 3.53. The van der Waals surface area contributed by atoms with Crippen LogP contribution >= 0.6 is 0 Å². The van der Waals surface area contributed by atoms with Crippen LogP contribution in [0.5, 0.6) is 0 Å². The Morgan fingerprint density at radius 3 is 2.35 bits per heavy atom. The van der Waals surface area contributed by atoms with Crippen LogP contribution in [-0.4, -0.2) is 61.7 Å². The average molecular weight is 239 g/mol. The minimum atomic E-state index is 0.762. The van der Waals surface area contributed by atoms with E-state index in [-0.39, 0.29) is 0 Å². The van der Waals surface area contributed by atoms with Crippen LogP contribution in [0.4, 0.5) is 0 Å². The molecule has 0 amide bonds. The molecule has 0 aromatic carbocycles. The first-order chi connectivity index (χ1) is 8.24. The third-order valence-electron chi connectivity index (χ3n) is 4.97. The molecule has 0 bridgehead atoms. The SMILES string of the molecule is CCN1CCC(N(C)C2CCC(NC)C2)CC1. The molecule has 0 aromatic heterocycles. The maximum absolute atomic E-state index is 3.43. The Bertz CT molecular complexity index is 224. The molecule has 100 valence electrons. The number of rotatable bonds is 4. The van der Waals surface area contributed by atoms with Gasteiger partial charge < -0.3 is 15.1 Å². The molecular formula is C14H29N3. The number of hydrogen-bond donors (Lipinski definition) is 1. The van der Waals surface area contributed by atoms with Crippen molar-refractivity contribution in [1.82, 2.24) is 15.1 Å². The molecule has 3 heteroatoms. The van der Waals surface area contributed by atoms with Gasteiger partial charge in [-0.3, -0.25) is 0 Å². The third kappa shape index (κ3) is 3.21. The van der Waals surface area contributed by atoms with Crippen molar-refractivity contribution in [1.29, 1.82) is 0 Å². The summed E-state index contributed by atoms with van der Waals surface area (Å²) in [5.41, 5.74) is 0. The molecule has 1 aliphatic heterocycles. The van der Waals surface area contributed by atoms with Gasteiger partial charge in [-0.2, -0.15) is 0 Å². The van der Waals surface area contributed by atoms with E-state index in [9.17, 15) is 0 Å². The number of hydrogen-bond acceptors (Lipinski definition) is 3. The van der Waals surface area contributed by atoms with E-state index in [1.54, 1.807) is 0 Å². The maximum atomic E-state index is 3.43. The van der Waals surface area contributed by atoms with Gasteiger partial charge in [-0.1, -0.05) is 6.92 Å². The quantitative estimate of drug-likeness (QED) is 0.803. The van der Waals surface area contributed by atoms with Crippen LogP contribution in [0.3, 0.4) is 0 Å². The van der Waals surface area contributed by atoms with Crippen LogP contribution in [0.25, 0.3) is 0 Å². The Kier molecular flexibility index (Phi) is 4.83. The van der Waals surface area contributed by atoms with E-state index in [0.717, 1.165) is 18.1 Å². The summed E-state index contributed by atoms with van der Waals surface area (Å²) < 4.78 is 0. The van der Waals surface area contributed by atoms with E-state index in [2.05, 4.69) is 36.1 Å². The largest absolute Gasteiger partial charge is 0.317 e. The van der Waals surface area contributed by atoms with Gasteiger partial charge in [0, 0.05) is 18.1 Å². The number of piperidine rings is 1. The lowest BCUT2D eigenvalue weighted by molar-refractivity contribution is 0.0994. The zero-order chi connectivity index (χ0) is 12.3. The van der Waals surface area contributed by atoms with E-state index in [1.807, 2.05) is 0 Å². The van der Waals surface area contributed by atoms with Gasteiger partial charge in [0.25, 0.3) is 0 Å². The summed E-state index contributed by atoms with van der Waals surface area (Å²) >= 11 is 0. The van der Waals surface area contributed by atoms with Crippen molar-refractivity contribution < 1.29 is 0 Å². The molecule has 2 aliphatic rings. The van der Waals surface area contributed by atoms with Crippen molar-refractivity contribution >= 4 is 0 Å². The van der Waals surface area contributed by atoms with Gasteiger partial charge in [0.1, 0.15) is 0 Å². The molecule has 17 heavy (non-hydrogen) atoms. The molecule has 2 unspecified atom stereocenters. The van der Waals surface area contributed by atoms with Crippen LogP contribution < -0.4 is 5.32 Å². The highest BCUT2D eigenvalue weighted by Crippen LogP contribution is 2.27. The second-order valence-corrected chi connectivity index (χ2v) is 5.78. The van der Waals surface area contributed by atoms with Gasteiger partial charge in [-0.05, 0) is 65.8 Å². The first kappa shape index (κ1) is 13.3. The summed E-state index contributed by atoms with van der Waals surface area (Å²) in [6, 6.07) is 2.42. The molecule has 1 N–H and O–H groups in total. The molecule has 0 radical (unpaired) electrons. The first-order valence-electron chi connectivity index (χ1n) is 7.36. The number of likely N-dealkylation sites (tertiary alicyclic amines) is 1. The van der Waals surface area contributed by atoms with Crippen LogP contribution in [0.15, 0.2) is 0 Å². The summed E-state index contributed by atoms with van der Waals surface area (Å²) in [6.45, 7) is 6.10. The van der Waals surface area contributed by atoms with E-state index in [0.29, 0.717) is 0 Å². The fourth-order valence-electron chi connectivity index (χ4n) is 3.53. The smallest absolute Gasteiger partial charge is 0.0119 e. The zero-order valence-corrected chi connectivity index (χ0v) is 11.8. The van der Waals surface area contributed by atoms with Crippen LogP contribution in [0, 0.1) is 0 Å². The first-order valence-corrected chi connectivity index (χ1v) is 7.36. The van der Waals surface area contributed by atoms with Gasteiger partial charge in [-0.15, -0.1) is 0 Å². The lowest BCUT2D eigenvalue weighted by atomic mass is 10.0.